The van der Waals surface area contributed by atoms with Gasteiger partial charge in [-0.15, -0.1) is 0 Å². The van der Waals surface area contributed by atoms with E-state index >= 15 is 0 Å². The van der Waals surface area contributed by atoms with Gasteiger partial charge in [-0.3, -0.25) is 4.79 Å². The Morgan fingerprint density at radius 3 is 2.62 bits per heavy atom. The van der Waals surface area contributed by atoms with Gasteiger partial charge >= 0.3 is 5.97 Å². The van der Waals surface area contributed by atoms with Crippen molar-refractivity contribution in [3.05, 3.63) is 24.0 Å². The van der Waals surface area contributed by atoms with Crippen molar-refractivity contribution in [2.75, 3.05) is 6.26 Å². The Kier molecular flexibility index (Phi) is 3.79. The molecule has 0 bridgehead atoms. The average molecular weight is 310 g/mol. The number of rotatable bonds is 5. The van der Waals surface area contributed by atoms with Gasteiger partial charge < -0.3 is 10.1 Å². The van der Waals surface area contributed by atoms with Gasteiger partial charge in [0.05, 0.1) is 16.8 Å². The lowest BCUT2D eigenvalue weighted by atomic mass is 9.85. The summed E-state index contributed by atoms with van der Waals surface area (Å²) in [6.45, 7) is 3.68. The highest BCUT2D eigenvalue weighted by atomic mass is 32.2. The van der Waals surface area contributed by atoms with Crippen molar-refractivity contribution in [2.24, 2.45) is 5.41 Å². The Morgan fingerprint density at radius 2 is 2.05 bits per heavy atom. The van der Waals surface area contributed by atoms with Crippen molar-refractivity contribution in [3.8, 4) is 0 Å². The van der Waals surface area contributed by atoms with Gasteiger partial charge in [-0.05, 0) is 17.5 Å². The second-order valence-corrected chi connectivity index (χ2v) is 8.00. The van der Waals surface area contributed by atoms with Crippen LogP contribution < -0.4 is 0 Å². The normalized spacial score (nSPS) is 12.7. The highest BCUT2D eigenvalue weighted by Crippen LogP contribution is 2.27. The molecule has 2 rings (SSSR count). The van der Waals surface area contributed by atoms with Crippen molar-refractivity contribution in [3.63, 3.8) is 0 Å². The number of carboxylic acids is 1. The number of carbonyl (C=O) groups is 1. The topological polar surface area (TPSA) is 100 Å². The molecule has 0 amide bonds. The van der Waals surface area contributed by atoms with Crippen LogP contribution in [0.5, 0.6) is 0 Å². The number of carboxylic acid groups (broad SMARTS) is 1. The number of nitrogens with one attached hydrogen (secondary N) is 1. The number of hydrogen-bond donors (Lipinski definition) is 2. The molecule has 0 saturated heterocycles. The fourth-order valence-corrected chi connectivity index (χ4v) is 3.20. The summed E-state index contributed by atoms with van der Waals surface area (Å²) >= 11 is 0. The van der Waals surface area contributed by atoms with Gasteiger partial charge in [-0.2, -0.15) is 0 Å². The van der Waals surface area contributed by atoms with Crippen LogP contribution in [0.15, 0.2) is 23.1 Å². The third-order valence-corrected chi connectivity index (χ3v) is 4.33. The van der Waals surface area contributed by atoms with Crippen LogP contribution in [0, 0.1) is 5.41 Å². The molecule has 2 N–H and O–H groups in total. The number of sulfone groups is 1. The molecule has 6 nitrogen and oxygen atoms in total. The van der Waals surface area contributed by atoms with E-state index in [1.807, 2.05) is 13.8 Å². The second-order valence-electron chi connectivity index (χ2n) is 6.02. The van der Waals surface area contributed by atoms with Gasteiger partial charge in [0.25, 0.3) is 0 Å². The van der Waals surface area contributed by atoms with E-state index in [0.29, 0.717) is 23.3 Å². The molecule has 0 radical (unpaired) electrons. The third kappa shape index (κ3) is 3.60. The average Bonchev–Trinajstić information content (AvgIpc) is 2.65. The van der Waals surface area contributed by atoms with Gasteiger partial charge in [0.2, 0.25) is 0 Å². The number of hydrogen-bond acceptors (Lipinski definition) is 4. The second kappa shape index (κ2) is 5.14. The van der Waals surface area contributed by atoms with E-state index in [0.717, 1.165) is 6.26 Å². The largest absolute Gasteiger partial charge is 0.481 e. The number of H-pyrrole nitrogens is 1. The molecule has 1 aromatic carbocycles. The number of fused-ring (bicyclic) bond motifs is 1. The maximum absolute atomic E-state index is 11.8. The number of nitrogens with zero attached hydrogens (tertiary/aromatic N) is 1. The Hall–Kier alpha value is -1.89. The van der Waals surface area contributed by atoms with Crippen LogP contribution in [0.2, 0.25) is 0 Å². The summed E-state index contributed by atoms with van der Waals surface area (Å²) in [5, 5.41) is 8.91. The van der Waals surface area contributed by atoms with E-state index in [1.165, 1.54) is 6.07 Å². The lowest BCUT2D eigenvalue weighted by Crippen LogP contribution is -2.20. The molecule has 0 aliphatic rings. The van der Waals surface area contributed by atoms with Crippen LogP contribution in [-0.4, -0.2) is 35.7 Å². The molecule has 1 heterocycles. The molecule has 0 aliphatic heterocycles. The quantitative estimate of drug-likeness (QED) is 0.880. The molecular weight excluding hydrogens is 292 g/mol. The smallest absolute Gasteiger partial charge is 0.303 e. The van der Waals surface area contributed by atoms with Gasteiger partial charge in [-0.25, -0.2) is 13.4 Å². The fourth-order valence-electron chi connectivity index (χ4n) is 2.36. The van der Waals surface area contributed by atoms with E-state index in [1.54, 1.807) is 12.1 Å². The van der Waals surface area contributed by atoms with Crippen molar-refractivity contribution in [1.82, 2.24) is 9.97 Å². The van der Waals surface area contributed by atoms with Crippen LogP contribution in [0.3, 0.4) is 0 Å². The van der Waals surface area contributed by atoms with E-state index in [9.17, 15) is 13.2 Å². The molecule has 2 aromatic rings. The van der Waals surface area contributed by atoms with Crippen LogP contribution in [0.25, 0.3) is 11.0 Å². The molecule has 7 heteroatoms. The zero-order valence-electron chi connectivity index (χ0n) is 12.2. The lowest BCUT2D eigenvalue weighted by Gasteiger charge is -2.20. The molecule has 0 aliphatic carbocycles. The SMILES string of the molecule is CC(C)(CC(=O)O)Cc1nc2c(S(C)(=O)=O)cccc2[nH]1. The summed E-state index contributed by atoms with van der Waals surface area (Å²) in [6.07, 6.45) is 1.59. The first-order valence-electron chi connectivity index (χ1n) is 6.48. The number of imidazole rings is 1. The Bertz CT molecular complexity index is 790. The van der Waals surface area contributed by atoms with Crippen LogP contribution in [-0.2, 0) is 21.1 Å². The van der Waals surface area contributed by atoms with Gasteiger partial charge in [0.15, 0.2) is 9.84 Å². The Labute approximate surface area is 123 Å². The lowest BCUT2D eigenvalue weighted by molar-refractivity contribution is -0.139. The van der Waals surface area contributed by atoms with Crippen LogP contribution in [0.1, 0.15) is 26.1 Å². The van der Waals surface area contributed by atoms with Crippen LogP contribution >= 0.6 is 0 Å². The summed E-state index contributed by atoms with van der Waals surface area (Å²) in [6, 6.07) is 4.93. The van der Waals surface area contributed by atoms with Gasteiger partial charge in [0, 0.05) is 12.7 Å². The van der Waals surface area contributed by atoms with Gasteiger partial charge in [0.1, 0.15) is 11.3 Å². The first-order valence-corrected chi connectivity index (χ1v) is 8.37. The summed E-state index contributed by atoms with van der Waals surface area (Å²) < 4.78 is 23.5. The molecule has 0 atom stereocenters. The Balaban J connectivity index is 2.43. The summed E-state index contributed by atoms with van der Waals surface area (Å²) in [7, 11) is -3.36. The molecular formula is C14H18N2O4S. The predicted molar refractivity (Wildman–Crippen MR) is 78.9 cm³/mol. The first-order chi connectivity index (χ1) is 9.58. The highest BCUT2D eigenvalue weighted by molar-refractivity contribution is 7.91. The highest BCUT2D eigenvalue weighted by Gasteiger charge is 2.24. The molecule has 114 valence electrons. The van der Waals surface area contributed by atoms with Crippen molar-refractivity contribution in [2.45, 2.75) is 31.6 Å². The number of aliphatic carboxylic acids is 1. The molecule has 0 saturated carbocycles. The minimum Gasteiger partial charge on any atom is -0.481 e. The molecule has 21 heavy (non-hydrogen) atoms. The molecule has 1 aromatic heterocycles. The van der Waals surface area contributed by atoms with Crippen LogP contribution in [0.4, 0.5) is 0 Å². The van der Waals surface area contributed by atoms with E-state index in [2.05, 4.69) is 9.97 Å². The first kappa shape index (κ1) is 15.5. The summed E-state index contributed by atoms with van der Waals surface area (Å²) in [5.41, 5.74) is 0.575. The monoisotopic (exact) mass is 310 g/mol. The standard InChI is InChI=1S/C14H18N2O4S/c1-14(2,8-12(17)18)7-11-15-9-5-4-6-10(13(9)16-11)21(3,19)20/h4-6H,7-8H2,1-3H3,(H,15,16)(H,17,18). The predicted octanol–water partition coefficient (Wildman–Crippen LogP) is 2.01. The third-order valence-electron chi connectivity index (χ3n) is 3.20. The maximum Gasteiger partial charge on any atom is 0.303 e. The number of aromatic nitrogens is 2. The molecule has 0 fully saturated rings. The zero-order chi connectivity index (χ0) is 15.8. The van der Waals surface area contributed by atoms with E-state index in [-0.39, 0.29) is 11.3 Å². The Morgan fingerprint density at radius 1 is 1.38 bits per heavy atom. The molecule has 0 spiro atoms. The number of benzene rings is 1. The maximum atomic E-state index is 11.8. The zero-order valence-corrected chi connectivity index (χ0v) is 13.0. The van der Waals surface area contributed by atoms with Crippen molar-refractivity contribution < 1.29 is 18.3 Å². The summed E-state index contributed by atoms with van der Waals surface area (Å²) in [4.78, 5) is 18.4. The molecule has 0 unspecified atom stereocenters. The number of aromatic amines is 1. The van der Waals surface area contributed by atoms with E-state index in [4.69, 9.17) is 5.11 Å². The fraction of sp³-hybridized carbons (Fsp3) is 0.429. The minimum absolute atomic E-state index is 0.0168. The van der Waals surface area contributed by atoms with Gasteiger partial charge in [-0.1, -0.05) is 19.9 Å². The number of para-hydroxylation sites is 1. The summed E-state index contributed by atoms with van der Waals surface area (Å²) in [5.74, 6) is -0.278. The van der Waals surface area contributed by atoms with Crippen molar-refractivity contribution in [1.29, 1.82) is 0 Å². The van der Waals surface area contributed by atoms with Crippen molar-refractivity contribution >= 4 is 26.8 Å². The van der Waals surface area contributed by atoms with E-state index < -0.39 is 21.2 Å². The minimum atomic E-state index is -3.36.